The second kappa shape index (κ2) is 9.02. The normalized spacial score (nSPS) is 14.4. The van der Waals surface area contributed by atoms with Crippen molar-refractivity contribution in [2.45, 2.75) is 6.42 Å². The number of nitrogens with zero attached hydrogens (tertiary/aromatic N) is 2. The summed E-state index contributed by atoms with van der Waals surface area (Å²) in [5.74, 6) is -0.359. The summed E-state index contributed by atoms with van der Waals surface area (Å²) in [5, 5.41) is 2.63. The number of hydrogen-bond acceptors (Lipinski definition) is 4. The smallest absolute Gasteiger partial charge is 0.251 e. The molecule has 24 heavy (non-hydrogen) atoms. The fourth-order valence-electron chi connectivity index (χ4n) is 2.51. The van der Waals surface area contributed by atoms with E-state index in [1.807, 2.05) is 6.07 Å². The Kier molecular flexibility index (Phi) is 6.74. The van der Waals surface area contributed by atoms with E-state index in [-0.39, 0.29) is 24.3 Å². The molecule has 2 rings (SSSR count). The zero-order chi connectivity index (χ0) is 17.4. The molecule has 1 aromatic rings. The molecule has 0 spiro atoms. The Morgan fingerprint density at radius 1 is 1.00 bits per heavy atom. The van der Waals surface area contributed by atoms with Crippen LogP contribution in [0.3, 0.4) is 0 Å². The summed E-state index contributed by atoms with van der Waals surface area (Å²) in [4.78, 5) is 39.4. The van der Waals surface area contributed by atoms with Crippen molar-refractivity contribution < 1.29 is 19.1 Å². The van der Waals surface area contributed by atoms with E-state index < -0.39 is 0 Å². The van der Waals surface area contributed by atoms with E-state index in [9.17, 15) is 14.4 Å². The molecule has 1 N–H and O–H groups in total. The van der Waals surface area contributed by atoms with E-state index in [0.717, 1.165) is 0 Å². The highest BCUT2D eigenvalue weighted by molar-refractivity contribution is 5.96. The van der Waals surface area contributed by atoms with Gasteiger partial charge in [0.15, 0.2) is 0 Å². The minimum Gasteiger partial charge on any atom is -0.384 e. The van der Waals surface area contributed by atoms with E-state index in [4.69, 9.17) is 4.74 Å². The van der Waals surface area contributed by atoms with E-state index >= 15 is 0 Å². The first-order chi connectivity index (χ1) is 11.6. The summed E-state index contributed by atoms with van der Waals surface area (Å²) in [6, 6.07) is 8.77. The van der Waals surface area contributed by atoms with Crippen molar-refractivity contribution in [1.82, 2.24) is 15.1 Å². The topological polar surface area (TPSA) is 79.0 Å². The minimum atomic E-state index is -0.266. The third-order valence-corrected chi connectivity index (χ3v) is 3.94. The highest BCUT2D eigenvalue weighted by Gasteiger charge is 2.23. The predicted molar refractivity (Wildman–Crippen MR) is 88.4 cm³/mol. The van der Waals surface area contributed by atoms with Gasteiger partial charge in [0.25, 0.3) is 5.91 Å². The van der Waals surface area contributed by atoms with Crippen LogP contribution in [-0.2, 0) is 14.3 Å². The van der Waals surface area contributed by atoms with Crippen LogP contribution in [0.4, 0.5) is 0 Å². The Morgan fingerprint density at radius 3 is 2.17 bits per heavy atom. The second-order valence-electron chi connectivity index (χ2n) is 5.55. The molecule has 3 amide bonds. The van der Waals surface area contributed by atoms with Gasteiger partial charge in [-0.1, -0.05) is 18.2 Å². The van der Waals surface area contributed by atoms with E-state index in [1.165, 1.54) is 0 Å². The van der Waals surface area contributed by atoms with Crippen molar-refractivity contribution in [3.05, 3.63) is 35.9 Å². The van der Waals surface area contributed by atoms with Crippen molar-refractivity contribution in [1.29, 1.82) is 0 Å². The van der Waals surface area contributed by atoms with Crippen LogP contribution in [0.15, 0.2) is 30.3 Å². The number of hydrogen-bond donors (Lipinski definition) is 1. The van der Waals surface area contributed by atoms with Crippen molar-refractivity contribution in [2.24, 2.45) is 0 Å². The molecular formula is C17H23N3O4. The van der Waals surface area contributed by atoms with Gasteiger partial charge in [0.1, 0.15) is 0 Å². The van der Waals surface area contributed by atoms with E-state index in [2.05, 4.69) is 5.32 Å². The Bertz CT molecular complexity index is 568. The lowest BCUT2D eigenvalue weighted by Gasteiger charge is -2.34. The van der Waals surface area contributed by atoms with Crippen LogP contribution in [0.2, 0.25) is 0 Å². The lowest BCUT2D eigenvalue weighted by Crippen LogP contribution is -2.52. The number of carbonyl (C=O) groups is 3. The van der Waals surface area contributed by atoms with E-state index in [0.29, 0.717) is 44.8 Å². The predicted octanol–water partition coefficient (Wildman–Crippen LogP) is 0.124. The maximum Gasteiger partial charge on any atom is 0.251 e. The standard InChI is InChI=1S/C17H23N3O4/c1-24-12-7-15(21)19-8-10-20(11-9-19)16(22)13-18-17(23)14-5-3-2-4-6-14/h2-6H,7-13H2,1H3,(H,18,23). The van der Waals surface area contributed by atoms with Crippen LogP contribution < -0.4 is 5.32 Å². The minimum absolute atomic E-state index is 0.0364. The number of carbonyl (C=O) groups excluding carboxylic acids is 3. The van der Waals surface area contributed by atoms with Crippen LogP contribution in [0.5, 0.6) is 0 Å². The van der Waals surface area contributed by atoms with Gasteiger partial charge in [-0.3, -0.25) is 14.4 Å². The van der Waals surface area contributed by atoms with E-state index in [1.54, 1.807) is 41.2 Å². The lowest BCUT2D eigenvalue weighted by molar-refractivity contribution is -0.139. The molecule has 1 fully saturated rings. The molecule has 0 atom stereocenters. The summed E-state index contributed by atoms with van der Waals surface area (Å²) in [7, 11) is 1.56. The summed E-state index contributed by atoms with van der Waals surface area (Å²) in [6.07, 6.45) is 0.359. The molecule has 130 valence electrons. The molecule has 0 aliphatic carbocycles. The Morgan fingerprint density at radius 2 is 1.58 bits per heavy atom. The monoisotopic (exact) mass is 333 g/mol. The number of methoxy groups -OCH3 is 1. The fraction of sp³-hybridized carbons (Fsp3) is 0.471. The number of ether oxygens (including phenoxy) is 1. The van der Waals surface area contributed by atoms with Crippen molar-refractivity contribution >= 4 is 17.7 Å². The number of nitrogens with one attached hydrogen (secondary N) is 1. The molecule has 1 heterocycles. The van der Waals surface area contributed by atoms with Gasteiger partial charge >= 0.3 is 0 Å². The molecule has 1 aliphatic rings. The first kappa shape index (κ1) is 17.9. The van der Waals surface area contributed by atoms with Gasteiger partial charge in [0.05, 0.1) is 19.6 Å². The molecule has 1 aliphatic heterocycles. The largest absolute Gasteiger partial charge is 0.384 e. The van der Waals surface area contributed by atoms with Crippen LogP contribution in [-0.4, -0.2) is 74.0 Å². The zero-order valence-corrected chi connectivity index (χ0v) is 13.9. The van der Waals surface area contributed by atoms with Gasteiger partial charge in [-0.15, -0.1) is 0 Å². The molecule has 7 nitrogen and oxygen atoms in total. The van der Waals surface area contributed by atoms with Gasteiger partial charge in [0, 0.05) is 38.9 Å². The third-order valence-electron chi connectivity index (χ3n) is 3.94. The Hall–Kier alpha value is -2.41. The summed E-state index contributed by atoms with van der Waals surface area (Å²) >= 11 is 0. The summed E-state index contributed by atoms with van der Waals surface area (Å²) in [6.45, 7) is 2.37. The molecule has 0 aromatic heterocycles. The molecule has 1 saturated heterocycles. The first-order valence-electron chi connectivity index (χ1n) is 7.99. The number of rotatable bonds is 6. The second-order valence-corrected chi connectivity index (χ2v) is 5.55. The average Bonchev–Trinajstić information content (AvgIpc) is 2.64. The molecule has 0 saturated carbocycles. The molecule has 1 aromatic carbocycles. The molecule has 0 radical (unpaired) electrons. The first-order valence-corrected chi connectivity index (χ1v) is 7.99. The van der Waals surface area contributed by atoms with Gasteiger partial charge in [0.2, 0.25) is 11.8 Å². The molecular weight excluding hydrogens is 310 g/mol. The third kappa shape index (κ3) is 5.06. The van der Waals surface area contributed by atoms with Crippen molar-refractivity contribution in [2.75, 3.05) is 46.4 Å². The fourth-order valence-corrected chi connectivity index (χ4v) is 2.51. The van der Waals surface area contributed by atoms with Crippen molar-refractivity contribution in [3.63, 3.8) is 0 Å². The summed E-state index contributed by atoms with van der Waals surface area (Å²) < 4.78 is 4.90. The molecule has 0 unspecified atom stereocenters. The number of piperazine rings is 1. The van der Waals surface area contributed by atoms with Gasteiger partial charge in [-0.2, -0.15) is 0 Å². The number of amides is 3. The van der Waals surface area contributed by atoms with Gasteiger partial charge in [-0.25, -0.2) is 0 Å². The number of benzene rings is 1. The Labute approximate surface area is 141 Å². The Balaban J connectivity index is 1.73. The van der Waals surface area contributed by atoms with Crippen LogP contribution >= 0.6 is 0 Å². The molecule has 7 heteroatoms. The quantitative estimate of drug-likeness (QED) is 0.802. The van der Waals surface area contributed by atoms with Crippen LogP contribution in [0, 0.1) is 0 Å². The van der Waals surface area contributed by atoms with Crippen LogP contribution in [0.1, 0.15) is 16.8 Å². The summed E-state index contributed by atoms with van der Waals surface area (Å²) in [5.41, 5.74) is 0.527. The lowest BCUT2D eigenvalue weighted by atomic mass is 10.2. The zero-order valence-electron chi connectivity index (χ0n) is 13.9. The molecule has 0 bridgehead atoms. The highest BCUT2D eigenvalue weighted by Crippen LogP contribution is 2.04. The maximum atomic E-state index is 12.2. The van der Waals surface area contributed by atoms with Gasteiger partial charge < -0.3 is 19.9 Å². The van der Waals surface area contributed by atoms with Crippen molar-refractivity contribution in [3.8, 4) is 0 Å². The average molecular weight is 333 g/mol. The SMILES string of the molecule is COCCC(=O)N1CCN(C(=O)CNC(=O)c2ccccc2)CC1. The van der Waals surface area contributed by atoms with Crippen LogP contribution in [0.25, 0.3) is 0 Å². The van der Waals surface area contributed by atoms with Gasteiger partial charge in [-0.05, 0) is 12.1 Å². The highest BCUT2D eigenvalue weighted by atomic mass is 16.5. The maximum absolute atomic E-state index is 12.2.